The van der Waals surface area contributed by atoms with Crippen LogP contribution >= 0.6 is 11.8 Å². The Labute approximate surface area is 190 Å². The van der Waals surface area contributed by atoms with E-state index in [2.05, 4.69) is 15.2 Å². The zero-order valence-electron chi connectivity index (χ0n) is 17.3. The maximum atomic E-state index is 13.7. The van der Waals surface area contributed by atoms with Crippen molar-refractivity contribution < 1.29 is 26.7 Å². The zero-order chi connectivity index (χ0) is 23.6. The normalized spacial score (nSPS) is 11.4. The molecule has 4 aromatic rings. The number of hydrogen-bond donors (Lipinski definition) is 0. The molecule has 0 bridgehead atoms. The van der Waals surface area contributed by atoms with Crippen LogP contribution < -0.4 is 4.74 Å². The first-order chi connectivity index (χ1) is 15.8. The molecule has 33 heavy (non-hydrogen) atoms. The van der Waals surface area contributed by atoms with Gasteiger partial charge in [0, 0.05) is 11.1 Å². The highest BCUT2D eigenvalue weighted by molar-refractivity contribution is 7.98. The van der Waals surface area contributed by atoms with Crippen LogP contribution in [-0.4, -0.2) is 22.3 Å². The molecule has 0 amide bonds. The van der Waals surface area contributed by atoms with Gasteiger partial charge in [-0.05, 0) is 43.3 Å². The van der Waals surface area contributed by atoms with Crippen LogP contribution in [-0.2, 0) is 11.9 Å². The fraction of sp³-hybridized carbons (Fsp3) is 0.182. The highest BCUT2D eigenvalue weighted by Crippen LogP contribution is 2.39. The van der Waals surface area contributed by atoms with Crippen LogP contribution in [0.1, 0.15) is 22.6 Å². The number of hydrogen-bond acceptors (Lipinski definition) is 8. The maximum Gasteiger partial charge on any atom is 0.417 e. The van der Waals surface area contributed by atoms with E-state index in [1.165, 1.54) is 13.4 Å². The lowest BCUT2D eigenvalue weighted by molar-refractivity contribution is -0.138. The lowest BCUT2D eigenvalue weighted by atomic mass is 10.1. The van der Waals surface area contributed by atoms with Crippen molar-refractivity contribution >= 4 is 11.8 Å². The van der Waals surface area contributed by atoms with Crippen LogP contribution in [0.25, 0.3) is 22.9 Å². The summed E-state index contributed by atoms with van der Waals surface area (Å²) in [5.41, 5.74) is -0.310. The highest BCUT2D eigenvalue weighted by atomic mass is 32.2. The molecule has 168 valence electrons. The number of aromatic nitrogens is 3. The molecular formula is C22H15F3N4O3S. The number of halogens is 3. The summed E-state index contributed by atoms with van der Waals surface area (Å²) in [5.74, 6) is 1.29. The SMILES string of the molecule is COc1ccc(-c2cc(C(F)(F)F)c(C#N)c(SCc3nnc(-c4occc4C)o3)n2)cc1. The lowest BCUT2D eigenvalue weighted by Gasteiger charge is -2.14. The fourth-order valence-electron chi connectivity index (χ4n) is 2.99. The number of aryl methyl sites for hydroxylation is 1. The minimum atomic E-state index is -4.74. The van der Waals surface area contributed by atoms with Gasteiger partial charge in [0.05, 0.1) is 35.9 Å². The van der Waals surface area contributed by atoms with Crippen molar-refractivity contribution in [2.24, 2.45) is 0 Å². The Kier molecular flexibility index (Phi) is 6.11. The molecule has 0 atom stereocenters. The Morgan fingerprint density at radius 2 is 1.91 bits per heavy atom. The van der Waals surface area contributed by atoms with Crippen molar-refractivity contribution in [1.29, 1.82) is 5.26 Å². The molecule has 0 fully saturated rings. The fourth-order valence-corrected chi connectivity index (χ4v) is 3.83. The van der Waals surface area contributed by atoms with Crippen LogP contribution in [0.2, 0.25) is 0 Å². The van der Waals surface area contributed by atoms with E-state index in [9.17, 15) is 18.4 Å². The molecule has 0 aliphatic rings. The van der Waals surface area contributed by atoms with Crippen molar-refractivity contribution in [3.8, 4) is 34.7 Å². The van der Waals surface area contributed by atoms with Gasteiger partial charge in [0.1, 0.15) is 16.8 Å². The topological polar surface area (TPSA) is 98.0 Å². The van der Waals surface area contributed by atoms with Gasteiger partial charge in [0.15, 0.2) is 5.76 Å². The molecule has 11 heteroatoms. The molecule has 4 rings (SSSR count). The number of ether oxygens (including phenoxy) is 1. The molecule has 3 aromatic heterocycles. The molecule has 0 unspecified atom stereocenters. The Hall–Kier alpha value is -3.78. The third-order valence-electron chi connectivity index (χ3n) is 4.64. The van der Waals surface area contributed by atoms with Crippen LogP contribution in [0.15, 0.2) is 56.5 Å². The molecule has 0 N–H and O–H groups in total. The second kappa shape index (κ2) is 8.99. The quantitative estimate of drug-likeness (QED) is 0.320. The first-order valence-corrected chi connectivity index (χ1v) is 10.4. The number of benzene rings is 1. The van der Waals surface area contributed by atoms with Gasteiger partial charge in [-0.1, -0.05) is 11.8 Å². The first-order valence-electron chi connectivity index (χ1n) is 9.46. The van der Waals surface area contributed by atoms with E-state index in [-0.39, 0.29) is 28.3 Å². The minimum absolute atomic E-state index is 0.0117. The van der Waals surface area contributed by atoms with Gasteiger partial charge in [-0.2, -0.15) is 18.4 Å². The van der Waals surface area contributed by atoms with E-state index in [1.807, 2.05) is 6.92 Å². The predicted octanol–water partition coefficient (Wildman–Crippen LogP) is 5.89. The maximum absolute atomic E-state index is 13.7. The number of methoxy groups -OCH3 is 1. The summed E-state index contributed by atoms with van der Waals surface area (Å²) >= 11 is 0.901. The molecule has 0 radical (unpaired) electrons. The Balaban J connectivity index is 1.68. The monoisotopic (exact) mass is 472 g/mol. The van der Waals surface area contributed by atoms with E-state index < -0.39 is 17.3 Å². The van der Waals surface area contributed by atoms with Gasteiger partial charge in [-0.3, -0.25) is 0 Å². The number of nitrogens with zero attached hydrogens (tertiary/aromatic N) is 4. The van der Waals surface area contributed by atoms with Crippen LogP contribution in [0, 0.1) is 18.3 Å². The summed E-state index contributed by atoms with van der Waals surface area (Å²) in [6.07, 6.45) is -3.26. The summed E-state index contributed by atoms with van der Waals surface area (Å²) in [6, 6.07) is 10.7. The van der Waals surface area contributed by atoms with E-state index >= 15 is 0 Å². The Morgan fingerprint density at radius 3 is 2.52 bits per heavy atom. The summed E-state index contributed by atoms with van der Waals surface area (Å²) in [5, 5.41) is 17.2. The lowest BCUT2D eigenvalue weighted by Crippen LogP contribution is -2.10. The third-order valence-corrected chi connectivity index (χ3v) is 5.60. The van der Waals surface area contributed by atoms with E-state index in [1.54, 1.807) is 36.4 Å². The van der Waals surface area contributed by atoms with Crippen LogP contribution in [0.4, 0.5) is 13.2 Å². The zero-order valence-corrected chi connectivity index (χ0v) is 18.1. The number of pyridine rings is 1. The largest absolute Gasteiger partial charge is 0.497 e. The van der Waals surface area contributed by atoms with Gasteiger partial charge in [0.2, 0.25) is 5.89 Å². The highest BCUT2D eigenvalue weighted by Gasteiger charge is 2.36. The Bertz CT molecular complexity index is 1320. The van der Waals surface area contributed by atoms with E-state index in [0.29, 0.717) is 17.1 Å². The molecule has 1 aromatic carbocycles. The van der Waals surface area contributed by atoms with Gasteiger partial charge in [-0.15, -0.1) is 10.2 Å². The van der Waals surface area contributed by atoms with Crippen molar-refractivity contribution in [2.75, 3.05) is 7.11 Å². The summed E-state index contributed by atoms with van der Waals surface area (Å²) < 4.78 is 57.1. The average molecular weight is 472 g/mol. The van der Waals surface area contributed by atoms with Gasteiger partial charge in [0.25, 0.3) is 5.89 Å². The minimum Gasteiger partial charge on any atom is -0.497 e. The summed E-state index contributed by atoms with van der Waals surface area (Å²) in [6.45, 7) is 1.81. The molecule has 0 saturated heterocycles. The van der Waals surface area contributed by atoms with Crippen molar-refractivity contribution in [1.82, 2.24) is 15.2 Å². The number of thioether (sulfide) groups is 1. The van der Waals surface area contributed by atoms with Crippen molar-refractivity contribution in [2.45, 2.75) is 23.9 Å². The molecule has 0 aliphatic carbocycles. The van der Waals surface area contributed by atoms with Crippen molar-refractivity contribution in [3.05, 3.63) is 65.2 Å². The standard InChI is InChI=1S/C22H15F3N4O3S/c1-12-7-8-31-19(12)20-29-28-18(32-20)11-33-21-15(10-26)16(22(23,24)25)9-17(27-21)13-3-5-14(30-2)6-4-13/h3-9H,11H2,1-2H3. The third kappa shape index (κ3) is 4.70. The predicted molar refractivity (Wildman–Crippen MR) is 112 cm³/mol. The van der Waals surface area contributed by atoms with Gasteiger partial charge >= 0.3 is 6.18 Å². The first kappa shape index (κ1) is 22.4. The van der Waals surface area contributed by atoms with Gasteiger partial charge in [-0.25, -0.2) is 4.98 Å². The number of nitriles is 1. The molecule has 0 spiro atoms. The van der Waals surface area contributed by atoms with Gasteiger partial charge < -0.3 is 13.6 Å². The molecule has 0 aliphatic heterocycles. The summed E-state index contributed by atoms with van der Waals surface area (Å²) in [4.78, 5) is 4.32. The molecule has 3 heterocycles. The van der Waals surface area contributed by atoms with Crippen LogP contribution in [0.5, 0.6) is 5.75 Å². The van der Waals surface area contributed by atoms with Crippen LogP contribution in [0.3, 0.4) is 0 Å². The number of furan rings is 1. The van der Waals surface area contributed by atoms with E-state index in [4.69, 9.17) is 13.6 Å². The molecular weight excluding hydrogens is 457 g/mol. The molecule has 0 saturated carbocycles. The smallest absolute Gasteiger partial charge is 0.417 e. The molecule has 7 nitrogen and oxygen atoms in total. The average Bonchev–Trinajstić information content (AvgIpc) is 3.45. The second-order valence-corrected chi connectivity index (χ2v) is 7.76. The Morgan fingerprint density at radius 1 is 1.15 bits per heavy atom. The summed E-state index contributed by atoms with van der Waals surface area (Å²) in [7, 11) is 1.49. The van der Waals surface area contributed by atoms with Crippen molar-refractivity contribution in [3.63, 3.8) is 0 Å². The van der Waals surface area contributed by atoms with E-state index in [0.717, 1.165) is 23.4 Å². The second-order valence-electron chi connectivity index (χ2n) is 6.80. The number of rotatable bonds is 6. The number of alkyl halides is 3.